The standard InChI is InChI=1S/C14H25NO/c1-7-9(2)8-13(15-6)14-10(3)11(4)16-12(14)5/h9,13,15H,7-8H2,1-6H3. The van der Waals surface area contributed by atoms with Gasteiger partial charge in [-0.25, -0.2) is 0 Å². The molecule has 0 spiro atoms. The quantitative estimate of drug-likeness (QED) is 0.819. The average Bonchev–Trinajstić information content (AvgIpc) is 2.50. The topological polar surface area (TPSA) is 25.2 Å². The van der Waals surface area contributed by atoms with E-state index in [0.717, 1.165) is 17.4 Å². The van der Waals surface area contributed by atoms with Crippen LogP contribution in [0.1, 0.15) is 55.4 Å². The highest BCUT2D eigenvalue weighted by atomic mass is 16.3. The molecule has 0 aliphatic carbocycles. The first-order chi connectivity index (χ1) is 7.51. The SMILES string of the molecule is CCC(C)CC(NC)c1c(C)oc(C)c1C. The summed E-state index contributed by atoms with van der Waals surface area (Å²) in [6.07, 6.45) is 2.40. The van der Waals surface area contributed by atoms with E-state index in [4.69, 9.17) is 4.42 Å². The molecule has 2 heteroatoms. The molecule has 1 aromatic heterocycles. The average molecular weight is 223 g/mol. The summed E-state index contributed by atoms with van der Waals surface area (Å²) in [6.45, 7) is 10.8. The Morgan fingerprint density at radius 3 is 2.19 bits per heavy atom. The number of hydrogen-bond acceptors (Lipinski definition) is 2. The molecule has 1 rings (SSSR count). The van der Waals surface area contributed by atoms with Gasteiger partial charge in [0.1, 0.15) is 11.5 Å². The van der Waals surface area contributed by atoms with Gasteiger partial charge >= 0.3 is 0 Å². The van der Waals surface area contributed by atoms with Crippen molar-refractivity contribution in [3.63, 3.8) is 0 Å². The molecule has 1 aromatic rings. The molecule has 1 N–H and O–H groups in total. The first-order valence-electron chi connectivity index (χ1n) is 6.24. The minimum atomic E-state index is 0.424. The van der Waals surface area contributed by atoms with E-state index in [9.17, 15) is 0 Å². The molecule has 2 nitrogen and oxygen atoms in total. The third-order valence-corrected chi connectivity index (χ3v) is 3.65. The lowest BCUT2D eigenvalue weighted by molar-refractivity contribution is 0.413. The molecule has 2 atom stereocenters. The van der Waals surface area contributed by atoms with Crippen molar-refractivity contribution < 1.29 is 4.42 Å². The van der Waals surface area contributed by atoms with Gasteiger partial charge in [-0.1, -0.05) is 20.3 Å². The third kappa shape index (κ3) is 2.67. The molecule has 2 unspecified atom stereocenters. The van der Waals surface area contributed by atoms with Gasteiger partial charge in [-0.3, -0.25) is 0 Å². The van der Waals surface area contributed by atoms with Crippen LogP contribution in [0.4, 0.5) is 0 Å². The van der Waals surface area contributed by atoms with E-state index in [2.05, 4.69) is 33.0 Å². The highest BCUT2D eigenvalue weighted by Crippen LogP contribution is 2.31. The molecule has 0 saturated carbocycles. The van der Waals surface area contributed by atoms with Crippen molar-refractivity contribution in [2.24, 2.45) is 5.92 Å². The maximum Gasteiger partial charge on any atom is 0.106 e. The Balaban J connectivity index is 2.94. The predicted molar refractivity (Wildman–Crippen MR) is 68.8 cm³/mol. The lowest BCUT2D eigenvalue weighted by Crippen LogP contribution is -2.20. The highest BCUT2D eigenvalue weighted by molar-refractivity contribution is 5.34. The Bertz CT molecular complexity index is 341. The van der Waals surface area contributed by atoms with E-state index in [-0.39, 0.29) is 0 Å². The zero-order chi connectivity index (χ0) is 12.3. The van der Waals surface area contributed by atoms with Gasteiger partial charge in [-0.2, -0.15) is 0 Å². The second-order valence-corrected chi connectivity index (χ2v) is 4.84. The van der Waals surface area contributed by atoms with Crippen molar-refractivity contribution in [3.8, 4) is 0 Å². The molecule has 0 aromatic carbocycles. The minimum Gasteiger partial charge on any atom is -0.466 e. The van der Waals surface area contributed by atoms with Crippen LogP contribution >= 0.6 is 0 Å². The van der Waals surface area contributed by atoms with Gasteiger partial charge in [0.15, 0.2) is 0 Å². The smallest absolute Gasteiger partial charge is 0.106 e. The van der Waals surface area contributed by atoms with Crippen LogP contribution < -0.4 is 5.32 Å². The molecule has 92 valence electrons. The molecule has 16 heavy (non-hydrogen) atoms. The summed E-state index contributed by atoms with van der Waals surface area (Å²) in [4.78, 5) is 0. The number of furan rings is 1. The Kier molecular flexibility index (Phi) is 4.60. The monoisotopic (exact) mass is 223 g/mol. The van der Waals surface area contributed by atoms with E-state index in [1.165, 1.54) is 24.0 Å². The van der Waals surface area contributed by atoms with Gasteiger partial charge in [-0.05, 0) is 45.7 Å². The summed E-state index contributed by atoms with van der Waals surface area (Å²) < 4.78 is 5.70. The van der Waals surface area contributed by atoms with Crippen molar-refractivity contribution in [3.05, 3.63) is 22.6 Å². The van der Waals surface area contributed by atoms with Gasteiger partial charge in [0, 0.05) is 11.6 Å². The Morgan fingerprint density at radius 1 is 1.19 bits per heavy atom. The van der Waals surface area contributed by atoms with E-state index < -0.39 is 0 Å². The predicted octanol–water partition coefficient (Wildman–Crippen LogP) is 3.90. The van der Waals surface area contributed by atoms with E-state index >= 15 is 0 Å². The molecule has 0 fully saturated rings. The van der Waals surface area contributed by atoms with Crippen LogP contribution in [0.15, 0.2) is 4.42 Å². The van der Waals surface area contributed by atoms with E-state index in [0.29, 0.717) is 6.04 Å². The van der Waals surface area contributed by atoms with Crippen LogP contribution in [0.5, 0.6) is 0 Å². The number of nitrogens with one attached hydrogen (secondary N) is 1. The fraction of sp³-hybridized carbons (Fsp3) is 0.714. The van der Waals surface area contributed by atoms with Gasteiger partial charge < -0.3 is 9.73 Å². The molecule has 0 aliphatic rings. The number of aryl methyl sites for hydroxylation is 2. The van der Waals surface area contributed by atoms with Crippen molar-refractivity contribution >= 4 is 0 Å². The summed E-state index contributed by atoms with van der Waals surface area (Å²) in [5, 5.41) is 3.42. The third-order valence-electron chi connectivity index (χ3n) is 3.65. The molecule has 0 aliphatic heterocycles. The van der Waals surface area contributed by atoms with Gasteiger partial charge in [0.2, 0.25) is 0 Å². The van der Waals surface area contributed by atoms with Crippen LogP contribution in [-0.4, -0.2) is 7.05 Å². The van der Waals surface area contributed by atoms with Crippen LogP contribution in [-0.2, 0) is 0 Å². The lowest BCUT2D eigenvalue weighted by atomic mass is 9.92. The van der Waals surface area contributed by atoms with Crippen LogP contribution in [0.3, 0.4) is 0 Å². The summed E-state index contributed by atoms with van der Waals surface area (Å²) in [7, 11) is 2.04. The normalized spacial score (nSPS) is 15.1. The van der Waals surface area contributed by atoms with Gasteiger partial charge in [0.05, 0.1) is 0 Å². The molecule has 0 amide bonds. The Hall–Kier alpha value is -0.760. The zero-order valence-corrected chi connectivity index (χ0v) is 11.5. The molecule has 0 radical (unpaired) electrons. The van der Waals surface area contributed by atoms with Crippen LogP contribution in [0.25, 0.3) is 0 Å². The first kappa shape index (κ1) is 13.3. The summed E-state index contributed by atoms with van der Waals surface area (Å²) >= 11 is 0. The second-order valence-electron chi connectivity index (χ2n) is 4.84. The molecule has 1 heterocycles. The zero-order valence-electron chi connectivity index (χ0n) is 11.5. The minimum absolute atomic E-state index is 0.424. The molecule has 0 saturated heterocycles. The van der Waals surface area contributed by atoms with Crippen molar-refractivity contribution in [2.75, 3.05) is 7.05 Å². The van der Waals surface area contributed by atoms with Gasteiger partial charge in [-0.15, -0.1) is 0 Å². The van der Waals surface area contributed by atoms with Crippen LogP contribution in [0.2, 0.25) is 0 Å². The second kappa shape index (κ2) is 5.53. The maximum atomic E-state index is 5.70. The lowest BCUT2D eigenvalue weighted by Gasteiger charge is -2.20. The summed E-state index contributed by atoms with van der Waals surface area (Å²) in [5.74, 6) is 2.86. The Morgan fingerprint density at radius 2 is 1.81 bits per heavy atom. The largest absolute Gasteiger partial charge is 0.466 e. The first-order valence-corrected chi connectivity index (χ1v) is 6.24. The molecular formula is C14H25NO. The number of hydrogen-bond donors (Lipinski definition) is 1. The fourth-order valence-corrected chi connectivity index (χ4v) is 2.27. The van der Waals surface area contributed by atoms with E-state index in [1.54, 1.807) is 0 Å². The summed E-state index contributed by atoms with van der Waals surface area (Å²) in [5.41, 5.74) is 2.67. The Labute approximate surface area is 99.4 Å². The maximum absolute atomic E-state index is 5.70. The summed E-state index contributed by atoms with van der Waals surface area (Å²) in [6, 6.07) is 0.424. The van der Waals surface area contributed by atoms with Gasteiger partial charge in [0.25, 0.3) is 0 Å². The van der Waals surface area contributed by atoms with Crippen LogP contribution in [0, 0.1) is 26.7 Å². The number of rotatable bonds is 5. The fourth-order valence-electron chi connectivity index (χ4n) is 2.27. The highest BCUT2D eigenvalue weighted by Gasteiger charge is 2.20. The van der Waals surface area contributed by atoms with E-state index in [1.807, 2.05) is 14.0 Å². The molecular weight excluding hydrogens is 198 g/mol. The van der Waals surface area contributed by atoms with Crippen molar-refractivity contribution in [1.29, 1.82) is 0 Å². The van der Waals surface area contributed by atoms with Crippen molar-refractivity contribution in [1.82, 2.24) is 5.32 Å². The van der Waals surface area contributed by atoms with Crippen molar-refractivity contribution in [2.45, 2.75) is 53.5 Å². The molecule has 0 bridgehead atoms.